The predicted molar refractivity (Wildman–Crippen MR) is 63.5 cm³/mol. The topological polar surface area (TPSA) is 60.2 Å². The molecule has 0 aromatic carbocycles. The first-order chi connectivity index (χ1) is 7.04. The largest absolute Gasteiger partial charge is 0.330 e. The Morgan fingerprint density at radius 2 is 2.00 bits per heavy atom. The lowest BCUT2D eigenvalue weighted by molar-refractivity contribution is 0.304. The molecule has 1 fully saturated rings. The number of unbranched alkanes of at least 4 members (excludes halogenated alkanes) is 3. The molecular weight excluding hydrogens is 210 g/mol. The highest BCUT2D eigenvalue weighted by Gasteiger charge is 2.40. The van der Waals surface area contributed by atoms with E-state index in [1.807, 2.05) is 0 Å². The molecule has 90 valence electrons. The maximum Gasteiger partial charge on any atom is 0.150 e. The van der Waals surface area contributed by atoms with Crippen molar-refractivity contribution in [2.45, 2.75) is 45.4 Å². The van der Waals surface area contributed by atoms with Crippen LogP contribution in [0.25, 0.3) is 0 Å². The molecule has 1 saturated heterocycles. The number of sulfone groups is 1. The van der Waals surface area contributed by atoms with Crippen LogP contribution >= 0.6 is 0 Å². The fraction of sp³-hybridized carbons (Fsp3) is 1.00. The van der Waals surface area contributed by atoms with E-state index in [2.05, 4.69) is 6.92 Å². The van der Waals surface area contributed by atoms with Crippen molar-refractivity contribution in [2.24, 2.45) is 11.1 Å². The Bertz CT molecular complexity index is 287. The van der Waals surface area contributed by atoms with E-state index in [-0.39, 0.29) is 5.41 Å². The molecule has 1 rings (SSSR count). The zero-order valence-corrected chi connectivity index (χ0v) is 10.5. The van der Waals surface area contributed by atoms with Gasteiger partial charge in [-0.05, 0) is 24.8 Å². The standard InChI is InChI=1S/C11H23NO2S/c1-2-3-4-5-6-11(9-12)7-8-15(13,14)10-11/h2-10,12H2,1H3. The third kappa shape index (κ3) is 3.76. The van der Waals surface area contributed by atoms with Gasteiger partial charge in [-0.25, -0.2) is 8.42 Å². The van der Waals surface area contributed by atoms with Crippen molar-refractivity contribution in [3.63, 3.8) is 0 Å². The van der Waals surface area contributed by atoms with Gasteiger partial charge in [0, 0.05) is 0 Å². The van der Waals surface area contributed by atoms with Gasteiger partial charge in [0.2, 0.25) is 0 Å². The summed E-state index contributed by atoms with van der Waals surface area (Å²) in [4.78, 5) is 0. The Kier molecular flexibility index (Phi) is 4.59. The van der Waals surface area contributed by atoms with Crippen LogP contribution in [0.15, 0.2) is 0 Å². The summed E-state index contributed by atoms with van der Waals surface area (Å²) in [5.41, 5.74) is 5.65. The molecule has 0 aliphatic carbocycles. The van der Waals surface area contributed by atoms with E-state index in [0.717, 1.165) is 19.3 Å². The van der Waals surface area contributed by atoms with Crippen LogP contribution in [-0.2, 0) is 9.84 Å². The average Bonchev–Trinajstić information content (AvgIpc) is 2.50. The van der Waals surface area contributed by atoms with Crippen LogP contribution in [0.4, 0.5) is 0 Å². The average molecular weight is 233 g/mol. The second-order valence-electron chi connectivity index (χ2n) is 4.86. The first-order valence-electron chi connectivity index (χ1n) is 5.94. The maximum absolute atomic E-state index is 11.4. The molecule has 1 heterocycles. The molecule has 1 aliphatic heterocycles. The van der Waals surface area contributed by atoms with Crippen LogP contribution in [0.2, 0.25) is 0 Å². The highest BCUT2D eigenvalue weighted by atomic mass is 32.2. The van der Waals surface area contributed by atoms with Gasteiger partial charge in [0.1, 0.15) is 0 Å². The first kappa shape index (κ1) is 13.0. The third-order valence-electron chi connectivity index (χ3n) is 3.46. The zero-order valence-electron chi connectivity index (χ0n) is 9.67. The van der Waals surface area contributed by atoms with Gasteiger partial charge in [0.15, 0.2) is 9.84 Å². The molecule has 0 saturated carbocycles. The quantitative estimate of drug-likeness (QED) is 0.711. The molecule has 4 heteroatoms. The summed E-state index contributed by atoms with van der Waals surface area (Å²) in [6.45, 7) is 2.71. The van der Waals surface area contributed by atoms with E-state index < -0.39 is 9.84 Å². The van der Waals surface area contributed by atoms with Crippen molar-refractivity contribution in [1.29, 1.82) is 0 Å². The number of nitrogens with two attached hydrogens (primary N) is 1. The molecular formula is C11H23NO2S. The van der Waals surface area contributed by atoms with Crippen molar-refractivity contribution in [3.8, 4) is 0 Å². The van der Waals surface area contributed by atoms with Crippen molar-refractivity contribution >= 4 is 9.84 Å². The molecule has 0 amide bonds. The smallest absolute Gasteiger partial charge is 0.150 e. The van der Waals surface area contributed by atoms with Gasteiger partial charge in [0.05, 0.1) is 11.5 Å². The van der Waals surface area contributed by atoms with Crippen LogP contribution in [0, 0.1) is 5.41 Å². The SMILES string of the molecule is CCCCCCC1(CN)CCS(=O)(=O)C1. The normalized spacial score (nSPS) is 29.5. The van der Waals surface area contributed by atoms with Crippen LogP contribution < -0.4 is 5.73 Å². The van der Waals surface area contributed by atoms with E-state index in [4.69, 9.17) is 5.73 Å². The van der Waals surface area contributed by atoms with Crippen molar-refractivity contribution in [3.05, 3.63) is 0 Å². The first-order valence-corrected chi connectivity index (χ1v) is 7.76. The van der Waals surface area contributed by atoms with Crippen molar-refractivity contribution in [2.75, 3.05) is 18.1 Å². The van der Waals surface area contributed by atoms with E-state index >= 15 is 0 Å². The van der Waals surface area contributed by atoms with E-state index in [1.165, 1.54) is 19.3 Å². The minimum atomic E-state index is -2.79. The molecule has 1 aliphatic rings. The van der Waals surface area contributed by atoms with Crippen LogP contribution in [-0.4, -0.2) is 26.5 Å². The highest BCUT2D eigenvalue weighted by molar-refractivity contribution is 7.91. The van der Waals surface area contributed by atoms with Gasteiger partial charge in [-0.15, -0.1) is 0 Å². The minimum Gasteiger partial charge on any atom is -0.330 e. The molecule has 0 aromatic rings. The summed E-state index contributed by atoms with van der Waals surface area (Å²) >= 11 is 0. The number of hydrogen-bond acceptors (Lipinski definition) is 3. The van der Waals surface area contributed by atoms with Gasteiger partial charge in [0.25, 0.3) is 0 Å². The summed E-state index contributed by atoms with van der Waals surface area (Å²) in [6.07, 6.45) is 6.56. The van der Waals surface area contributed by atoms with Gasteiger partial charge in [-0.2, -0.15) is 0 Å². The fourth-order valence-electron chi connectivity index (χ4n) is 2.37. The van der Waals surface area contributed by atoms with Gasteiger partial charge < -0.3 is 5.73 Å². The molecule has 0 aromatic heterocycles. The second-order valence-corrected chi connectivity index (χ2v) is 7.04. The van der Waals surface area contributed by atoms with E-state index in [1.54, 1.807) is 0 Å². The van der Waals surface area contributed by atoms with Crippen LogP contribution in [0.1, 0.15) is 45.4 Å². The van der Waals surface area contributed by atoms with Gasteiger partial charge in [-0.3, -0.25) is 0 Å². The lowest BCUT2D eigenvalue weighted by Crippen LogP contribution is -2.31. The Labute approximate surface area is 93.3 Å². The third-order valence-corrected chi connectivity index (χ3v) is 5.34. The number of hydrogen-bond donors (Lipinski definition) is 1. The van der Waals surface area contributed by atoms with E-state index in [0.29, 0.717) is 18.1 Å². The molecule has 0 radical (unpaired) electrons. The monoisotopic (exact) mass is 233 g/mol. The summed E-state index contributed by atoms with van der Waals surface area (Å²) in [7, 11) is -2.79. The molecule has 2 N–H and O–H groups in total. The van der Waals surface area contributed by atoms with Gasteiger partial charge in [-0.1, -0.05) is 32.6 Å². The lowest BCUT2D eigenvalue weighted by Gasteiger charge is -2.25. The second kappa shape index (κ2) is 5.30. The molecule has 15 heavy (non-hydrogen) atoms. The number of rotatable bonds is 6. The summed E-state index contributed by atoms with van der Waals surface area (Å²) < 4.78 is 22.9. The van der Waals surface area contributed by atoms with Crippen molar-refractivity contribution < 1.29 is 8.42 Å². The van der Waals surface area contributed by atoms with Crippen molar-refractivity contribution in [1.82, 2.24) is 0 Å². The van der Waals surface area contributed by atoms with Gasteiger partial charge >= 0.3 is 0 Å². The Balaban J connectivity index is 2.42. The maximum atomic E-state index is 11.4. The molecule has 0 spiro atoms. The van der Waals surface area contributed by atoms with E-state index in [9.17, 15) is 8.42 Å². The summed E-state index contributed by atoms with van der Waals surface area (Å²) in [5, 5.41) is 0. The lowest BCUT2D eigenvalue weighted by atomic mass is 9.82. The predicted octanol–water partition coefficient (Wildman–Crippen LogP) is 1.72. The Hall–Kier alpha value is -0.0900. The Morgan fingerprint density at radius 3 is 2.47 bits per heavy atom. The summed E-state index contributed by atoms with van der Waals surface area (Å²) in [5.74, 6) is 0.667. The molecule has 1 atom stereocenters. The zero-order chi connectivity index (χ0) is 11.4. The summed E-state index contributed by atoms with van der Waals surface area (Å²) in [6, 6.07) is 0. The highest BCUT2D eigenvalue weighted by Crippen LogP contribution is 2.36. The molecule has 0 bridgehead atoms. The van der Waals surface area contributed by atoms with Crippen LogP contribution in [0.3, 0.4) is 0 Å². The minimum absolute atomic E-state index is 0.0907. The fourth-order valence-corrected chi connectivity index (χ4v) is 4.60. The Morgan fingerprint density at radius 1 is 1.27 bits per heavy atom. The molecule has 3 nitrogen and oxygen atoms in total. The van der Waals surface area contributed by atoms with Crippen LogP contribution in [0.5, 0.6) is 0 Å². The molecule has 1 unspecified atom stereocenters.